The van der Waals surface area contributed by atoms with E-state index in [0.29, 0.717) is 41.0 Å². The molecule has 3 heterocycles. The van der Waals surface area contributed by atoms with Gasteiger partial charge in [-0.1, -0.05) is 0 Å². The number of fused-ring (bicyclic) bond motifs is 2. The zero-order chi connectivity index (χ0) is 22.2. The Hall–Kier alpha value is -3.85. The fraction of sp³-hybridized carbons (Fsp3) is 0.174. The number of aryl methyl sites for hydroxylation is 1. The summed E-state index contributed by atoms with van der Waals surface area (Å²) in [7, 11) is 0. The number of carbonyl (C=O) groups is 1. The van der Waals surface area contributed by atoms with Gasteiger partial charge in [0.1, 0.15) is 12.1 Å². The molecule has 1 aliphatic rings. The van der Waals surface area contributed by atoms with E-state index >= 15 is 0 Å². The molecule has 0 radical (unpaired) electrons. The van der Waals surface area contributed by atoms with Crippen LogP contribution in [0.4, 0.5) is 19.3 Å². The van der Waals surface area contributed by atoms with E-state index in [9.17, 15) is 13.6 Å². The zero-order valence-electron chi connectivity index (χ0n) is 17.2. The van der Waals surface area contributed by atoms with Crippen LogP contribution in [0.1, 0.15) is 16.8 Å². The Morgan fingerprint density at radius 3 is 2.88 bits per heavy atom. The number of halogens is 2. The van der Waals surface area contributed by atoms with Crippen molar-refractivity contribution >= 4 is 22.6 Å². The normalized spacial score (nSPS) is 13.1. The van der Waals surface area contributed by atoms with Gasteiger partial charge in [-0.2, -0.15) is 0 Å². The second-order valence-corrected chi connectivity index (χ2v) is 7.55. The minimum atomic E-state index is -0.621. The average Bonchev–Trinajstić information content (AvgIpc) is 3.19. The largest absolute Gasteiger partial charge is 0.436 e. The van der Waals surface area contributed by atoms with E-state index in [2.05, 4.69) is 20.6 Å². The van der Waals surface area contributed by atoms with Crippen molar-refractivity contribution < 1.29 is 18.3 Å². The van der Waals surface area contributed by atoms with Crippen molar-refractivity contribution in [3.63, 3.8) is 0 Å². The molecule has 0 saturated carbocycles. The van der Waals surface area contributed by atoms with Gasteiger partial charge in [0.15, 0.2) is 11.6 Å². The molecule has 0 unspecified atom stereocenters. The summed E-state index contributed by atoms with van der Waals surface area (Å²) in [4.78, 5) is 21.1. The quantitative estimate of drug-likeness (QED) is 0.494. The van der Waals surface area contributed by atoms with Crippen molar-refractivity contribution in [2.45, 2.75) is 19.9 Å². The highest BCUT2D eigenvalue weighted by molar-refractivity contribution is 5.98. The van der Waals surface area contributed by atoms with Crippen molar-refractivity contribution in [1.29, 1.82) is 0 Å². The van der Waals surface area contributed by atoms with Crippen LogP contribution in [0.25, 0.3) is 10.9 Å². The minimum absolute atomic E-state index is 0.0178. The number of carbonyl (C=O) groups excluding carboxylic acids is 1. The number of rotatable bonds is 3. The molecular weight excluding hydrogens is 416 g/mol. The number of ether oxygens (including phenoxy) is 1. The van der Waals surface area contributed by atoms with E-state index in [1.54, 1.807) is 13.0 Å². The monoisotopic (exact) mass is 435 g/mol. The van der Waals surface area contributed by atoms with Crippen LogP contribution in [0.3, 0.4) is 0 Å². The summed E-state index contributed by atoms with van der Waals surface area (Å²) in [6, 6.07) is 8.26. The first-order chi connectivity index (χ1) is 15.5. The third-order valence-electron chi connectivity index (χ3n) is 5.42. The maximum atomic E-state index is 14.9. The number of hydrogen-bond acceptors (Lipinski definition) is 5. The molecule has 0 fully saturated rings. The van der Waals surface area contributed by atoms with E-state index < -0.39 is 11.8 Å². The standard InChI is InChI=1S/C23H19F2N5O2/c1-13-8-15(2-3-17(13)24)29-23(31)30-7-5-14-9-21(18(25)10-20(14)30)32-22-16-4-6-26-11-19(16)27-12-28-22/h2-3,5,7-10,12,26H,4,6,11H2,1H3,(H,29,31). The molecule has 32 heavy (non-hydrogen) atoms. The van der Waals surface area contributed by atoms with Gasteiger partial charge in [-0.25, -0.2) is 23.5 Å². The molecular formula is C23H19F2N5O2. The number of aromatic nitrogens is 3. The number of benzene rings is 2. The molecule has 0 bridgehead atoms. The van der Waals surface area contributed by atoms with Crippen LogP contribution in [0.15, 0.2) is 48.9 Å². The molecule has 4 aromatic rings. The van der Waals surface area contributed by atoms with Crippen molar-refractivity contribution in [3.8, 4) is 11.6 Å². The zero-order valence-corrected chi connectivity index (χ0v) is 17.2. The lowest BCUT2D eigenvalue weighted by Crippen LogP contribution is -2.25. The SMILES string of the molecule is Cc1cc(NC(=O)n2ccc3cc(Oc4ncnc5c4CCNC5)c(F)cc32)ccc1F. The number of anilines is 1. The Morgan fingerprint density at radius 1 is 1.16 bits per heavy atom. The van der Waals surface area contributed by atoms with Gasteiger partial charge in [-0.3, -0.25) is 4.57 Å². The molecule has 162 valence electrons. The van der Waals surface area contributed by atoms with Crippen LogP contribution in [0.5, 0.6) is 11.6 Å². The highest BCUT2D eigenvalue weighted by Gasteiger charge is 2.19. The van der Waals surface area contributed by atoms with Gasteiger partial charge in [0.05, 0.1) is 11.2 Å². The Morgan fingerprint density at radius 2 is 2.03 bits per heavy atom. The van der Waals surface area contributed by atoms with Gasteiger partial charge in [0.25, 0.3) is 0 Å². The summed E-state index contributed by atoms with van der Waals surface area (Å²) in [5.41, 5.74) is 2.92. The maximum Gasteiger partial charge on any atom is 0.330 e. The topological polar surface area (TPSA) is 81.1 Å². The van der Waals surface area contributed by atoms with Crippen molar-refractivity contribution in [2.75, 3.05) is 11.9 Å². The minimum Gasteiger partial charge on any atom is -0.436 e. The number of hydrogen-bond donors (Lipinski definition) is 2. The van der Waals surface area contributed by atoms with Crippen LogP contribution in [-0.4, -0.2) is 27.1 Å². The summed E-state index contributed by atoms with van der Waals surface area (Å²) in [6.07, 6.45) is 3.63. The van der Waals surface area contributed by atoms with Crippen LogP contribution < -0.4 is 15.4 Å². The molecule has 2 aromatic carbocycles. The van der Waals surface area contributed by atoms with E-state index in [1.165, 1.54) is 47.4 Å². The fourth-order valence-electron chi connectivity index (χ4n) is 3.74. The van der Waals surface area contributed by atoms with Gasteiger partial charge in [0, 0.05) is 35.4 Å². The first-order valence-electron chi connectivity index (χ1n) is 10.1. The molecule has 2 N–H and O–H groups in total. The summed E-state index contributed by atoms with van der Waals surface area (Å²) >= 11 is 0. The number of amides is 1. The molecule has 7 nitrogen and oxygen atoms in total. The van der Waals surface area contributed by atoms with Gasteiger partial charge in [-0.05, 0) is 55.8 Å². The second kappa shape index (κ2) is 8.01. The summed E-state index contributed by atoms with van der Waals surface area (Å²) in [5, 5.41) is 6.54. The Kier molecular flexibility index (Phi) is 5.02. The summed E-state index contributed by atoms with van der Waals surface area (Å²) in [5.74, 6) is -0.628. The van der Waals surface area contributed by atoms with Crippen molar-refractivity contribution in [3.05, 3.63) is 77.4 Å². The first-order valence-corrected chi connectivity index (χ1v) is 10.1. The lowest BCUT2D eigenvalue weighted by atomic mass is 10.1. The molecule has 0 spiro atoms. The number of nitrogens with one attached hydrogen (secondary N) is 2. The van der Waals surface area contributed by atoms with Gasteiger partial charge < -0.3 is 15.4 Å². The van der Waals surface area contributed by atoms with E-state index in [0.717, 1.165) is 17.8 Å². The maximum absolute atomic E-state index is 14.9. The average molecular weight is 435 g/mol. The molecule has 9 heteroatoms. The summed E-state index contributed by atoms with van der Waals surface area (Å²) in [6.45, 7) is 2.99. The summed E-state index contributed by atoms with van der Waals surface area (Å²) < 4.78 is 35.5. The highest BCUT2D eigenvalue weighted by Crippen LogP contribution is 2.31. The third-order valence-corrected chi connectivity index (χ3v) is 5.42. The van der Waals surface area contributed by atoms with Crippen LogP contribution >= 0.6 is 0 Å². The van der Waals surface area contributed by atoms with Gasteiger partial charge in [0.2, 0.25) is 5.88 Å². The van der Waals surface area contributed by atoms with Gasteiger partial charge >= 0.3 is 6.03 Å². The van der Waals surface area contributed by atoms with Crippen LogP contribution in [-0.2, 0) is 13.0 Å². The molecule has 1 aliphatic heterocycles. The lowest BCUT2D eigenvalue weighted by Gasteiger charge is -2.18. The van der Waals surface area contributed by atoms with Crippen LogP contribution in [0, 0.1) is 18.6 Å². The molecule has 1 amide bonds. The Balaban J connectivity index is 1.43. The fourth-order valence-corrected chi connectivity index (χ4v) is 3.74. The van der Waals surface area contributed by atoms with Crippen molar-refractivity contribution in [1.82, 2.24) is 19.9 Å². The molecule has 5 rings (SSSR count). The predicted molar refractivity (Wildman–Crippen MR) is 115 cm³/mol. The number of nitrogens with zero attached hydrogens (tertiary/aromatic N) is 3. The lowest BCUT2D eigenvalue weighted by molar-refractivity contribution is 0.254. The van der Waals surface area contributed by atoms with E-state index in [-0.39, 0.29) is 11.6 Å². The first kappa shape index (κ1) is 20.1. The van der Waals surface area contributed by atoms with E-state index in [1.807, 2.05) is 0 Å². The molecule has 0 atom stereocenters. The molecule has 2 aromatic heterocycles. The smallest absolute Gasteiger partial charge is 0.330 e. The van der Waals surface area contributed by atoms with Crippen molar-refractivity contribution in [2.24, 2.45) is 0 Å². The second-order valence-electron chi connectivity index (χ2n) is 7.55. The predicted octanol–water partition coefficient (Wildman–Crippen LogP) is 4.54. The Bertz CT molecular complexity index is 1350. The van der Waals surface area contributed by atoms with Crippen LogP contribution in [0.2, 0.25) is 0 Å². The third kappa shape index (κ3) is 3.67. The molecule has 0 aliphatic carbocycles. The molecule has 0 saturated heterocycles. The van der Waals surface area contributed by atoms with Gasteiger partial charge in [-0.15, -0.1) is 0 Å². The Labute approximate surface area is 182 Å². The van der Waals surface area contributed by atoms with E-state index in [4.69, 9.17) is 4.74 Å². The highest BCUT2D eigenvalue weighted by atomic mass is 19.1.